The van der Waals surface area contributed by atoms with Gasteiger partial charge in [0.15, 0.2) is 11.2 Å². The van der Waals surface area contributed by atoms with Crippen LogP contribution >= 0.6 is 11.6 Å². The minimum absolute atomic E-state index is 0.220. The van der Waals surface area contributed by atoms with Crippen LogP contribution in [0.2, 0.25) is 5.02 Å². The Morgan fingerprint density at radius 1 is 0.914 bits per heavy atom. The van der Waals surface area contributed by atoms with E-state index in [2.05, 4.69) is 4.90 Å². The van der Waals surface area contributed by atoms with E-state index >= 15 is 0 Å². The summed E-state index contributed by atoms with van der Waals surface area (Å²) in [7, 11) is 3.10. The van der Waals surface area contributed by atoms with Crippen molar-refractivity contribution in [2.75, 3.05) is 31.1 Å². The number of rotatable bonds is 5. The quantitative estimate of drug-likeness (QED) is 0.425. The van der Waals surface area contributed by atoms with Gasteiger partial charge in [-0.3, -0.25) is 18.8 Å². The zero-order valence-corrected chi connectivity index (χ0v) is 20.4. The lowest BCUT2D eigenvalue weighted by molar-refractivity contribution is 0.241. The van der Waals surface area contributed by atoms with Crippen molar-refractivity contribution in [3.63, 3.8) is 0 Å². The van der Waals surface area contributed by atoms with Gasteiger partial charge in [-0.1, -0.05) is 35.9 Å². The maximum atomic E-state index is 14.2. The molecule has 0 radical (unpaired) electrons. The molecule has 2 aromatic carbocycles. The molecule has 1 aliphatic rings. The van der Waals surface area contributed by atoms with E-state index in [9.17, 15) is 14.0 Å². The summed E-state index contributed by atoms with van der Waals surface area (Å²) >= 11 is 6.05. The van der Waals surface area contributed by atoms with Gasteiger partial charge in [0.2, 0.25) is 0 Å². The van der Waals surface area contributed by atoms with Crippen molar-refractivity contribution >= 4 is 28.5 Å². The first-order valence-corrected chi connectivity index (χ1v) is 11.8. The monoisotopic (exact) mass is 496 g/mol. The van der Waals surface area contributed by atoms with Gasteiger partial charge in [-0.25, -0.2) is 14.2 Å². The third kappa shape index (κ3) is 4.37. The molecule has 0 unspecified atom stereocenters. The Kier molecular flexibility index (Phi) is 6.21. The van der Waals surface area contributed by atoms with Crippen molar-refractivity contribution in [1.82, 2.24) is 23.6 Å². The molecule has 0 aliphatic carbocycles. The summed E-state index contributed by atoms with van der Waals surface area (Å²) in [6, 6.07) is 14.3. The van der Waals surface area contributed by atoms with Crippen LogP contribution in [0.3, 0.4) is 0 Å². The second kappa shape index (κ2) is 9.31. The molecule has 1 fully saturated rings. The topological polar surface area (TPSA) is 68.3 Å². The van der Waals surface area contributed by atoms with Gasteiger partial charge < -0.3 is 9.47 Å². The van der Waals surface area contributed by atoms with Gasteiger partial charge >= 0.3 is 5.69 Å². The van der Waals surface area contributed by atoms with E-state index in [1.807, 2.05) is 39.8 Å². The van der Waals surface area contributed by atoms with Gasteiger partial charge in [0.1, 0.15) is 11.6 Å². The number of aryl methyl sites for hydroxylation is 1. The summed E-state index contributed by atoms with van der Waals surface area (Å²) in [6.07, 6.45) is 0. The number of imidazole rings is 1. The number of benzene rings is 2. The Labute approximate surface area is 206 Å². The maximum Gasteiger partial charge on any atom is 0.332 e. The summed E-state index contributed by atoms with van der Waals surface area (Å²) in [5, 5.41) is 0.635. The average Bonchev–Trinajstić information content (AvgIpc) is 3.21. The zero-order valence-electron chi connectivity index (χ0n) is 19.6. The van der Waals surface area contributed by atoms with Gasteiger partial charge in [0.25, 0.3) is 5.56 Å². The third-order valence-electron chi connectivity index (χ3n) is 6.61. The average molecular weight is 497 g/mol. The fourth-order valence-electron chi connectivity index (χ4n) is 4.61. The number of nitrogens with zero attached hydrogens (tertiary/aromatic N) is 6. The molecule has 5 rings (SSSR count). The minimum Gasteiger partial charge on any atom is -0.367 e. The summed E-state index contributed by atoms with van der Waals surface area (Å²) < 4.78 is 18.6. The van der Waals surface area contributed by atoms with Crippen LogP contribution in [-0.4, -0.2) is 49.8 Å². The molecule has 8 nitrogen and oxygen atoms in total. The fourth-order valence-corrected chi connectivity index (χ4v) is 4.74. The molecule has 182 valence electrons. The van der Waals surface area contributed by atoms with Gasteiger partial charge in [-0.15, -0.1) is 0 Å². The molecule has 0 atom stereocenters. The van der Waals surface area contributed by atoms with Crippen LogP contribution in [0.15, 0.2) is 58.1 Å². The number of piperazine rings is 1. The second-order valence-corrected chi connectivity index (χ2v) is 9.27. The molecule has 10 heteroatoms. The fraction of sp³-hybridized carbons (Fsp3) is 0.320. The molecule has 2 aromatic heterocycles. The SMILES string of the molecule is Cn1c(=O)c2c(nc(CN3CCN(c4ccccc4F)CC3)n2Cc2ccc(Cl)cc2)n(C)c1=O. The molecule has 0 spiro atoms. The summed E-state index contributed by atoms with van der Waals surface area (Å²) in [5.41, 5.74) is 1.55. The van der Waals surface area contributed by atoms with E-state index in [1.54, 1.807) is 19.2 Å². The van der Waals surface area contributed by atoms with Crippen LogP contribution in [0.25, 0.3) is 11.2 Å². The highest BCUT2D eigenvalue weighted by Gasteiger charge is 2.24. The second-order valence-electron chi connectivity index (χ2n) is 8.83. The number of aromatic nitrogens is 4. The molecule has 3 heterocycles. The largest absolute Gasteiger partial charge is 0.367 e. The molecular formula is C25H26ClFN6O2. The normalized spacial score (nSPS) is 14.7. The number of fused-ring (bicyclic) bond motifs is 1. The van der Waals surface area contributed by atoms with Crippen molar-refractivity contribution in [2.45, 2.75) is 13.1 Å². The Morgan fingerprint density at radius 3 is 2.29 bits per heavy atom. The first-order chi connectivity index (χ1) is 16.8. The van der Waals surface area contributed by atoms with E-state index < -0.39 is 5.69 Å². The lowest BCUT2D eigenvalue weighted by Gasteiger charge is -2.36. The van der Waals surface area contributed by atoms with Gasteiger partial charge in [-0.05, 0) is 29.8 Å². The Hall–Kier alpha value is -3.43. The van der Waals surface area contributed by atoms with Gasteiger partial charge in [0.05, 0.1) is 12.2 Å². The summed E-state index contributed by atoms with van der Waals surface area (Å²) in [5.74, 6) is 0.482. The molecule has 1 saturated heterocycles. The Morgan fingerprint density at radius 2 is 1.60 bits per heavy atom. The highest BCUT2D eigenvalue weighted by molar-refractivity contribution is 6.30. The smallest absolute Gasteiger partial charge is 0.332 e. The van der Waals surface area contributed by atoms with E-state index in [0.717, 1.165) is 23.2 Å². The highest BCUT2D eigenvalue weighted by atomic mass is 35.5. The van der Waals surface area contributed by atoms with Gasteiger partial charge in [0, 0.05) is 51.8 Å². The van der Waals surface area contributed by atoms with E-state index in [1.165, 1.54) is 17.7 Å². The molecule has 4 aromatic rings. The lowest BCUT2D eigenvalue weighted by atomic mass is 10.2. The number of anilines is 1. The number of hydrogen-bond acceptors (Lipinski definition) is 5. The molecule has 0 amide bonds. The molecule has 0 saturated carbocycles. The Balaban J connectivity index is 1.47. The van der Waals surface area contributed by atoms with Crippen molar-refractivity contribution in [1.29, 1.82) is 0 Å². The van der Waals surface area contributed by atoms with E-state index in [4.69, 9.17) is 16.6 Å². The van der Waals surface area contributed by atoms with Crippen LogP contribution in [0.1, 0.15) is 11.4 Å². The predicted octanol–water partition coefficient (Wildman–Crippen LogP) is 2.60. The molecular weight excluding hydrogens is 471 g/mol. The zero-order chi connectivity index (χ0) is 24.7. The molecule has 0 bridgehead atoms. The van der Waals surface area contributed by atoms with Crippen LogP contribution < -0.4 is 16.1 Å². The van der Waals surface area contributed by atoms with Crippen molar-refractivity contribution in [3.8, 4) is 0 Å². The number of halogens is 2. The van der Waals surface area contributed by atoms with Crippen molar-refractivity contribution in [2.24, 2.45) is 14.1 Å². The van der Waals surface area contributed by atoms with Crippen molar-refractivity contribution in [3.05, 3.63) is 91.6 Å². The Bertz CT molecular complexity index is 1500. The highest BCUT2D eigenvalue weighted by Crippen LogP contribution is 2.22. The van der Waals surface area contributed by atoms with Crippen LogP contribution in [0.5, 0.6) is 0 Å². The number of para-hydroxylation sites is 1. The number of hydrogen-bond donors (Lipinski definition) is 0. The lowest BCUT2D eigenvalue weighted by Crippen LogP contribution is -2.46. The molecule has 1 aliphatic heterocycles. The first-order valence-electron chi connectivity index (χ1n) is 11.4. The summed E-state index contributed by atoms with van der Waals surface area (Å²) in [6.45, 7) is 3.72. The van der Waals surface area contributed by atoms with Crippen LogP contribution in [0.4, 0.5) is 10.1 Å². The minimum atomic E-state index is -0.413. The maximum absolute atomic E-state index is 14.2. The van der Waals surface area contributed by atoms with Crippen molar-refractivity contribution < 1.29 is 4.39 Å². The van der Waals surface area contributed by atoms with E-state index in [-0.39, 0.29) is 11.4 Å². The van der Waals surface area contributed by atoms with Crippen LogP contribution in [-0.2, 0) is 27.2 Å². The first kappa shape index (κ1) is 23.3. The van der Waals surface area contributed by atoms with Crippen LogP contribution in [0, 0.1) is 5.82 Å². The summed E-state index contributed by atoms with van der Waals surface area (Å²) in [4.78, 5) is 34.7. The van der Waals surface area contributed by atoms with Gasteiger partial charge in [-0.2, -0.15) is 0 Å². The molecule has 35 heavy (non-hydrogen) atoms. The third-order valence-corrected chi connectivity index (χ3v) is 6.86. The standard InChI is InChI=1S/C25H26ClFN6O2/c1-29-23-22(24(34)30(2)25(29)35)33(15-17-7-9-18(26)10-8-17)21(28-23)16-31-11-13-32(14-12-31)20-6-4-3-5-19(20)27/h3-10H,11-16H2,1-2H3. The van der Waals surface area contributed by atoms with E-state index in [0.29, 0.717) is 53.9 Å². The predicted molar refractivity (Wildman–Crippen MR) is 135 cm³/mol. The molecule has 0 N–H and O–H groups in total.